The van der Waals surface area contributed by atoms with Gasteiger partial charge in [-0.3, -0.25) is 4.79 Å². The first kappa shape index (κ1) is 23.1. The van der Waals surface area contributed by atoms with Gasteiger partial charge in [0.1, 0.15) is 6.04 Å². The van der Waals surface area contributed by atoms with E-state index in [2.05, 4.69) is 5.32 Å². The van der Waals surface area contributed by atoms with Gasteiger partial charge in [-0.15, -0.1) is 0 Å². The van der Waals surface area contributed by atoms with E-state index in [9.17, 15) is 13.2 Å². The number of hydrogen-bond acceptors (Lipinski definition) is 3. The fourth-order valence-electron chi connectivity index (χ4n) is 3.15. The molecular weight excluding hydrogens is 386 g/mol. The summed E-state index contributed by atoms with van der Waals surface area (Å²) in [5.74, 6) is -0.0270. The molecule has 0 unspecified atom stereocenters. The third-order valence-electron chi connectivity index (χ3n) is 5.14. The zero-order valence-corrected chi connectivity index (χ0v) is 18.5. The average molecular weight is 419 g/mol. The summed E-state index contributed by atoms with van der Waals surface area (Å²) in [6, 6.07) is 15.0. The minimum Gasteiger partial charge on any atom is -0.347 e. The summed E-state index contributed by atoms with van der Waals surface area (Å²) in [7, 11) is -3.45. The molecule has 2 aromatic carbocycles. The van der Waals surface area contributed by atoms with Crippen LogP contribution in [0.3, 0.4) is 0 Å². The van der Waals surface area contributed by atoms with Gasteiger partial charge in [-0.2, -0.15) is 4.31 Å². The number of amides is 1. The fourth-order valence-corrected chi connectivity index (χ4v) is 4.61. The molecule has 0 heterocycles. The number of aryl methyl sites for hydroxylation is 1. The number of benzene rings is 2. The van der Waals surface area contributed by atoms with Gasteiger partial charge >= 0.3 is 0 Å². The summed E-state index contributed by atoms with van der Waals surface area (Å²) >= 11 is 0. The Labute approximate surface area is 174 Å². The van der Waals surface area contributed by atoms with Crippen LogP contribution in [0.15, 0.2) is 53.4 Å². The Hall–Kier alpha value is -2.22. The van der Waals surface area contributed by atoms with Gasteiger partial charge < -0.3 is 10.6 Å². The maximum Gasteiger partial charge on any atom is 0.275 e. The second-order valence-corrected chi connectivity index (χ2v) is 9.03. The van der Waals surface area contributed by atoms with Crippen LogP contribution in [0.25, 0.3) is 0 Å². The van der Waals surface area contributed by atoms with Crippen molar-refractivity contribution in [3.8, 4) is 0 Å². The molecule has 0 saturated carbocycles. The first-order valence-corrected chi connectivity index (χ1v) is 11.5. The maximum absolute atomic E-state index is 12.6. The summed E-state index contributed by atoms with van der Waals surface area (Å²) in [5, 5.41) is 4.89. The van der Waals surface area contributed by atoms with Crippen molar-refractivity contribution >= 4 is 15.9 Å². The monoisotopic (exact) mass is 418 g/mol. The van der Waals surface area contributed by atoms with Crippen molar-refractivity contribution in [1.29, 1.82) is 0 Å². The lowest BCUT2D eigenvalue weighted by Gasteiger charge is -2.19. The molecular formula is C22H32N3O3S+. The Kier molecular flexibility index (Phi) is 8.37. The normalized spacial score (nSPS) is 12.7. The van der Waals surface area contributed by atoms with Crippen LogP contribution in [0.5, 0.6) is 0 Å². The minimum atomic E-state index is -3.45. The highest BCUT2D eigenvalue weighted by molar-refractivity contribution is 7.89. The Morgan fingerprint density at radius 1 is 1.07 bits per heavy atom. The molecule has 3 N–H and O–H groups in total. The molecule has 0 spiro atoms. The van der Waals surface area contributed by atoms with E-state index in [0.29, 0.717) is 31.1 Å². The average Bonchev–Trinajstić information content (AvgIpc) is 2.72. The first-order chi connectivity index (χ1) is 13.8. The van der Waals surface area contributed by atoms with E-state index in [4.69, 9.17) is 0 Å². The predicted octanol–water partition coefficient (Wildman–Crippen LogP) is 1.97. The van der Waals surface area contributed by atoms with Gasteiger partial charge in [0.25, 0.3) is 5.91 Å². The van der Waals surface area contributed by atoms with Gasteiger partial charge in [0.15, 0.2) is 6.54 Å². The summed E-state index contributed by atoms with van der Waals surface area (Å²) in [5.41, 5.74) is 3.25. The van der Waals surface area contributed by atoms with Crippen molar-refractivity contribution in [1.82, 2.24) is 9.62 Å². The van der Waals surface area contributed by atoms with Crippen LogP contribution in [0.2, 0.25) is 0 Å². The zero-order chi connectivity index (χ0) is 21.4. The summed E-state index contributed by atoms with van der Waals surface area (Å²) in [6.07, 6.45) is 0. The number of quaternary nitrogens is 1. The van der Waals surface area contributed by atoms with Crippen LogP contribution in [0.4, 0.5) is 0 Å². The van der Waals surface area contributed by atoms with E-state index in [-0.39, 0.29) is 11.9 Å². The Morgan fingerprint density at radius 2 is 1.69 bits per heavy atom. The summed E-state index contributed by atoms with van der Waals surface area (Å²) in [6.45, 7) is 9.42. The number of carbonyl (C=O) groups is 1. The molecule has 0 fully saturated rings. The van der Waals surface area contributed by atoms with Crippen molar-refractivity contribution in [3.63, 3.8) is 0 Å². The summed E-state index contributed by atoms with van der Waals surface area (Å²) in [4.78, 5) is 12.5. The Morgan fingerprint density at radius 3 is 2.28 bits per heavy atom. The molecule has 29 heavy (non-hydrogen) atoms. The third kappa shape index (κ3) is 6.13. The highest BCUT2D eigenvalue weighted by Crippen LogP contribution is 2.18. The standard InChI is InChI=1S/C22H31N3O3S/c1-5-25(6-2)29(27,28)21-13-11-19(12-14-21)18(4)23-16-22(26)24-15-20-10-8-7-9-17(20)3/h7-14,18,23H,5-6,15-16H2,1-4H3,(H,24,26)/p+1/t18-/m0/s1. The van der Waals surface area contributed by atoms with Crippen LogP contribution >= 0.6 is 0 Å². The zero-order valence-electron chi connectivity index (χ0n) is 17.7. The SMILES string of the molecule is CCN(CC)S(=O)(=O)c1ccc([C@H](C)[NH2+]CC(=O)NCc2ccccc2C)cc1. The van der Waals surface area contributed by atoms with E-state index in [1.165, 1.54) is 4.31 Å². The van der Waals surface area contributed by atoms with Crippen LogP contribution in [0.1, 0.15) is 43.5 Å². The van der Waals surface area contributed by atoms with Gasteiger partial charge in [-0.05, 0) is 37.1 Å². The fraction of sp³-hybridized carbons (Fsp3) is 0.409. The van der Waals surface area contributed by atoms with Crippen molar-refractivity contribution in [2.45, 2.75) is 45.2 Å². The van der Waals surface area contributed by atoms with Crippen molar-refractivity contribution in [3.05, 3.63) is 65.2 Å². The van der Waals surface area contributed by atoms with Crippen LogP contribution in [-0.4, -0.2) is 38.3 Å². The molecule has 0 radical (unpaired) electrons. The van der Waals surface area contributed by atoms with E-state index < -0.39 is 10.0 Å². The van der Waals surface area contributed by atoms with Gasteiger partial charge in [-0.25, -0.2) is 8.42 Å². The number of hydrogen-bond donors (Lipinski definition) is 2. The largest absolute Gasteiger partial charge is 0.347 e. The lowest BCUT2D eigenvalue weighted by Crippen LogP contribution is -2.87. The quantitative estimate of drug-likeness (QED) is 0.619. The number of rotatable bonds is 10. The Balaban J connectivity index is 1.90. The first-order valence-electron chi connectivity index (χ1n) is 10.0. The van der Waals surface area contributed by atoms with Crippen LogP contribution in [-0.2, 0) is 21.4 Å². The summed E-state index contributed by atoms with van der Waals surface area (Å²) < 4.78 is 26.6. The maximum atomic E-state index is 12.6. The van der Waals surface area contributed by atoms with E-state index in [1.807, 2.05) is 69.4 Å². The number of nitrogens with two attached hydrogens (primary N) is 1. The molecule has 158 valence electrons. The topological polar surface area (TPSA) is 83.1 Å². The van der Waals surface area contributed by atoms with E-state index in [1.54, 1.807) is 12.1 Å². The Bertz CT molecular complexity index is 907. The smallest absolute Gasteiger partial charge is 0.275 e. The van der Waals surface area contributed by atoms with Crippen LogP contribution < -0.4 is 10.6 Å². The van der Waals surface area contributed by atoms with E-state index in [0.717, 1.165) is 16.7 Å². The number of nitrogens with zero attached hydrogens (tertiary/aromatic N) is 1. The highest BCUT2D eigenvalue weighted by atomic mass is 32.2. The second-order valence-electron chi connectivity index (χ2n) is 7.09. The molecule has 0 aromatic heterocycles. The molecule has 0 aliphatic heterocycles. The van der Waals surface area contributed by atoms with Crippen molar-refractivity contribution in [2.75, 3.05) is 19.6 Å². The minimum absolute atomic E-state index is 0.0270. The molecule has 6 nitrogen and oxygen atoms in total. The lowest BCUT2D eigenvalue weighted by atomic mass is 10.1. The van der Waals surface area contributed by atoms with Gasteiger partial charge in [0.2, 0.25) is 10.0 Å². The lowest BCUT2D eigenvalue weighted by molar-refractivity contribution is -0.682. The number of sulfonamides is 1. The molecule has 0 bridgehead atoms. The number of nitrogens with one attached hydrogen (secondary N) is 1. The molecule has 1 amide bonds. The molecule has 1 atom stereocenters. The molecule has 7 heteroatoms. The van der Waals surface area contributed by atoms with Gasteiger partial charge in [-0.1, -0.05) is 50.2 Å². The third-order valence-corrected chi connectivity index (χ3v) is 7.21. The van der Waals surface area contributed by atoms with Gasteiger partial charge in [0, 0.05) is 25.2 Å². The molecule has 0 aliphatic rings. The van der Waals surface area contributed by atoms with Gasteiger partial charge in [0.05, 0.1) is 4.90 Å². The van der Waals surface area contributed by atoms with Crippen molar-refractivity contribution < 1.29 is 18.5 Å². The molecule has 0 saturated heterocycles. The van der Waals surface area contributed by atoms with Crippen molar-refractivity contribution in [2.24, 2.45) is 0 Å². The number of carbonyl (C=O) groups excluding carboxylic acids is 1. The highest BCUT2D eigenvalue weighted by Gasteiger charge is 2.22. The molecule has 2 aromatic rings. The predicted molar refractivity (Wildman–Crippen MR) is 115 cm³/mol. The van der Waals surface area contributed by atoms with E-state index >= 15 is 0 Å². The molecule has 0 aliphatic carbocycles. The van der Waals surface area contributed by atoms with Crippen LogP contribution in [0, 0.1) is 6.92 Å². The molecule has 2 rings (SSSR count). The second kappa shape index (κ2) is 10.5.